The van der Waals surface area contributed by atoms with Crippen LogP contribution in [0.25, 0.3) is 0 Å². The molecular formula is C16H22F3N. The Hall–Kier alpha value is -1.03. The molecule has 20 heavy (non-hydrogen) atoms. The average Bonchev–Trinajstić information content (AvgIpc) is 2.45. The van der Waals surface area contributed by atoms with Crippen LogP contribution in [0, 0.1) is 11.8 Å². The molecule has 1 aromatic carbocycles. The third-order valence-corrected chi connectivity index (χ3v) is 4.58. The molecule has 0 bridgehead atoms. The fourth-order valence-electron chi connectivity index (χ4n) is 3.49. The topological polar surface area (TPSA) is 26.0 Å². The Morgan fingerprint density at radius 3 is 2.50 bits per heavy atom. The summed E-state index contributed by atoms with van der Waals surface area (Å²) in [6.07, 6.45) is 0.928. The molecule has 0 spiro atoms. The molecule has 4 heteroatoms. The van der Waals surface area contributed by atoms with Crippen LogP contribution in [-0.4, -0.2) is 0 Å². The predicted molar refractivity (Wildman–Crippen MR) is 74.1 cm³/mol. The van der Waals surface area contributed by atoms with E-state index < -0.39 is 17.8 Å². The molecule has 0 radical (unpaired) electrons. The zero-order valence-electron chi connectivity index (χ0n) is 11.8. The Kier molecular flexibility index (Phi) is 4.74. The second kappa shape index (κ2) is 6.17. The minimum Gasteiger partial charge on any atom is -0.324 e. The number of halogens is 3. The first kappa shape index (κ1) is 15.4. The fraction of sp³-hybridized carbons (Fsp3) is 0.625. The Morgan fingerprint density at radius 2 is 1.85 bits per heavy atom. The van der Waals surface area contributed by atoms with Crippen molar-refractivity contribution in [2.24, 2.45) is 17.6 Å². The molecule has 0 heterocycles. The summed E-state index contributed by atoms with van der Waals surface area (Å²) in [6, 6.07) is 5.23. The van der Waals surface area contributed by atoms with E-state index in [1.165, 1.54) is 18.6 Å². The first-order valence-electron chi connectivity index (χ1n) is 7.36. The van der Waals surface area contributed by atoms with Crippen LogP contribution < -0.4 is 5.73 Å². The molecular weight excluding hydrogens is 263 g/mol. The summed E-state index contributed by atoms with van der Waals surface area (Å²) in [4.78, 5) is 0. The highest BCUT2D eigenvalue weighted by atomic mass is 19.4. The van der Waals surface area contributed by atoms with E-state index in [1.807, 2.05) is 0 Å². The summed E-state index contributed by atoms with van der Waals surface area (Å²) in [5, 5.41) is 0. The van der Waals surface area contributed by atoms with Gasteiger partial charge in [-0.05, 0) is 29.9 Å². The quantitative estimate of drug-likeness (QED) is 0.838. The maximum Gasteiger partial charge on any atom is 0.416 e. The first-order chi connectivity index (χ1) is 9.45. The average molecular weight is 285 g/mol. The summed E-state index contributed by atoms with van der Waals surface area (Å²) in [5.74, 6) is 0.609. The lowest BCUT2D eigenvalue weighted by atomic mass is 9.72. The van der Waals surface area contributed by atoms with E-state index in [9.17, 15) is 13.2 Å². The van der Waals surface area contributed by atoms with Crippen LogP contribution in [0.3, 0.4) is 0 Å². The van der Waals surface area contributed by atoms with Gasteiger partial charge >= 0.3 is 6.18 Å². The molecule has 2 rings (SSSR count). The number of nitrogens with two attached hydrogens (primary N) is 1. The van der Waals surface area contributed by atoms with E-state index >= 15 is 0 Å². The van der Waals surface area contributed by atoms with Gasteiger partial charge in [-0.1, -0.05) is 50.8 Å². The minimum atomic E-state index is -4.33. The van der Waals surface area contributed by atoms with E-state index in [1.54, 1.807) is 6.07 Å². The van der Waals surface area contributed by atoms with Gasteiger partial charge in [0, 0.05) is 6.04 Å². The molecule has 1 nitrogen and oxygen atoms in total. The van der Waals surface area contributed by atoms with Crippen LogP contribution in [0.5, 0.6) is 0 Å². The van der Waals surface area contributed by atoms with Crippen molar-refractivity contribution in [2.45, 2.75) is 51.2 Å². The number of rotatable bonds is 3. The van der Waals surface area contributed by atoms with Gasteiger partial charge in [0.05, 0.1) is 5.56 Å². The highest BCUT2D eigenvalue weighted by molar-refractivity contribution is 5.32. The standard InChI is InChI=1S/C16H22F3N/c1-2-11-7-3-4-8-12(11)15(20)13-9-5-6-10-14(13)16(17,18)19/h5-6,9-12,15H,2-4,7-8,20H2,1H3. The summed E-state index contributed by atoms with van der Waals surface area (Å²) in [5.41, 5.74) is 5.91. The van der Waals surface area contributed by atoms with Crippen molar-refractivity contribution >= 4 is 0 Å². The highest BCUT2D eigenvalue weighted by Crippen LogP contribution is 2.42. The van der Waals surface area contributed by atoms with Crippen molar-refractivity contribution in [1.82, 2.24) is 0 Å². The molecule has 1 fully saturated rings. The molecule has 1 aliphatic rings. The van der Waals surface area contributed by atoms with Crippen LogP contribution in [0.15, 0.2) is 24.3 Å². The second-order valence-electron chi connectivity index (χ2n) is 5.73. The molecule has 3 atom stereocenters. The van der Waals surface area contributed by atoms with Crippen molar-refractivity contribution in [3.8, 4) is 0 Å². The maximum absolute atomic E-state index is 13.1. The van der Waals surface area contributed by atoms with Crippen molar-refractivity contribution in [1.29, 1.82) is 0 Å². The lowest BCUT2D eigenvalue weighted by molar-refractivity contribution is -0.138. The van der Waals surface area contributed by atoms with Crippen molar-refractivity contribution < 1.29 is 13.2 Å². The normalized spacial score (nSPS) is 25.4. The molecule has 3 unspecified atom stereocenters. The van der Waals surface area contributed by atoms with Gasteiger partial charge in [-0.2, -0.15) is 13.2 Å². The van der Waals surface area contributed by atoms with E-state index in [0.717, 1.165) is 31.7 Å². The van der Waals surface area contributed by atoms with Crippen LogP contribution in [0.2, 0.25) is 0 Å². The lowest BCUT2D eigenvalue weighted by Crippen LogP contribution is -2.31. The fourth-order valence-corrected chi connectivity index (χ4v) is 3.49. The summed E-state index contributed by atoms with van der Waals surface area (Å²) < 4.78 is 39.3. The third kappa shape index (κ3) is 3.17. The van der Waals surface area contributed by atoms with Crippen LogP contribution >= 0.6 is 0 Å². The minimum absolute atomic E-state index is 0.164. The summed E-state index contributed by atoms with van der Waals surface area (Å²) >= 11 is 0. The van der Waals surface area contributed by atoms with E-state index in [2.05, 4.69) is 6.92 Å². The molecule has 1 aliphatic carbocycles. The van der Waals surface area contributed by atoms with Gasteiger partial charge in [0.2, 0.25) is 0 Å². The van der Waals surface area contributed by atoms with Gasteiger partial charge in [-0.15, -0.1) is 0 Å². The molecule has 1 saturated carbocycles. The Bertz CT molecular complexity index is 442. The zero-order chi connectivity index (χ0) is 14.8. The SMILES string of the molecule is CCC1CCCCC1C(N)c1ccccc1C(F)(F)F. The van der Waals surface area contributed by atoms with Gasteiger partial charge in [0.25, 0.3) is 0 Å². The van der Waals surface area contributed by atoms with E-state index in [-0.39, 0.29) is 11.5 Å². The van der Waals surface area contributed by atoms with E-state index in [4.69, 9.17) is 5.73 Å². The predicted octanol–water partition coefficient (Wildman–Crippen LogP) is 4.92. The van der Waals surface area contributed by atoms with Gasteiger partial charge < -0.3 is 5.73 Å². The monoisotopic (exact) mass is 285 g/mol. The Balaban J connectivity index is 2.31. The number of hydrogen-bond acceptors (Lipinski definition) is 1. The van der Waals surface area contributed by atoms with Crippen LogP contribution in [0.1, 0.15) is 56.2 Å². The molecule has 0 aliphatic heterocycles. The van der Waals surface area contributed by atoms with Gasteiger partial charge in [0.15, 0.2) is 0 Å². The smallest absolute Gasteiger partial charge is 0.324 e. The zero-order valence-corrected chi connectivity index (χ0v) is 11.8. The van der Waals surface area contributed by atoms with Crippen LogP contribution in [0.4, 0.5) is 13.2 Å². The second-order valence-corrected chi connectivity index (χ2v) is 5.73. The molecule has 2 N–H and O–H groups in total. The third-order valence-electron chi connectivity index (χ3n) is 4.58. The summed E-state index contributed by atoms with van der Waals surface area (Å²) in [7, 11) is 0. The van der Waals surface area contributed by atoms with Crippen molar-refractivity contribution in [3.63, 3.8) is 0 Å². The van der Waals surface area contributed by atoms with Crippen molar-refractivity contribution in [3.05, 3.63) is 35.4 Å². The maximum atomic E-state index is 13.1. The van der Waals surface area contributed by atoms with Gasteiger partial charge in [0.1, 0.15) is 0 Å². The largest absolute Gasteiger partial charge is 0.416 e. The molecule has 0 amide bonds. The number of alkyl halides is 3. The molecule has 112 valence electrons. The lowest BCUT2D eigenvalue weighted by Gasteiger charge is -2.36. The van der Waals surface area contributed by atoms with Crippen molar-refractivity contribution in [2.75, 3.05) is 0 Å². The molecule has 0 saturated heterocycles. The molecule has 1 aromatic rings. The van der Waals surface area contributed by atoms with Gasteiger partial charge in [-0.25, -0.2) is 0 Å². The highest BCUT2D eigenvalue weighted by Gasteiger charge is 2.37. The van der Waals surface area contributed by atoms with Crippen LogP contribution in [-0.2, 0) is 6.18 Å². The summed E-state index contributed by atoms with van der Waals surface area (Å²) in [6.45, 7) is 2.10. The van der Waals surface area contributed by atoms with Gasteiger partial charge in [-0.3, -0.25) is 0 Å². The first-order valence-corrected chi connectivity index (χ1v) is 7.36. The Labute approximate surface area is 118 Å². The van der Waals surface area contributed by atoms with E-state index in [0.29, 0.717) is 5.92 Å². The number of hydrogen-bond donors (Lipinski definition) is 1. The molecule has 0 aromatic heterocycles. The Morgan fingerprint density at radius 1 is 1.20 bits per heavy atom. The number of benzene rings is 1.